The van der Waals surface area contributed by atoms with Crippen molar-refractivity contribution in [2.24, 2.45) is 5.41 Å². The lowest BCUT2D eigenvalue weighted by Crippen LogP contribution is -2.24. The zero-order chi connectivity index (χ0) is 24.0. The summed E-state index contributed by atoms with van der Waals surface area (Å²) in [5.74, 6) is -0.125. The first kappa shape index (κ1) is 24.2. The highest BCUT2D eigenvalue weighted by Gasteiger charge is 2.17. The van der Waals surface area contributed by atoms with Crippen LogP contribution in [0.15, 0.2) is 54.7 Å². The van der Waals surface area contributed by atoms with E-state index in [0.29, 0.717) is 24.3 Å². The predicted molar refractivity (Wildman–Crippen MR) is 132 cm³/mol. The Hall–Kier alpha value is -3.45. The molecule has 33 heavy (non-hydrogen) atoms. The second-order valence-electron chi connectivity index (χ2n) is 9.06. The molecule has 0 saturated carbocycles. The van der Waals surface area contributed by atoms with Crippen LogP contribution >= 0.6 is 11.6 Å². The fraction of sp³-hybridized carbons (Fsp3) is 0.280. The number of nitrogens with one attached hydrogen (secondary N) is 3. The van der Waals surface area contributed by atoms with E-state index in [1.807, 2.05) is 58.0 Å². The van der Waals surface area contributed by atoms with Crippen molar-refractivity contribution in [3.8, 4) is 0 Å². The maximum absolute atomic E-state index is 12.8. The lowest BCUT2D eigenvalue weighted by molar-refractivity contribution is -0.117. The van der Waals surface area contributed by atoms with Gasteiger partial charge in [-0.15, -0.1) is 0 Å². The van der Waals surface area contributed by atoms with E-state index in [4.69, 9.17) is 11.6 Å². The molecule has 0 aliphatic rings. The molecular formula is C25H28ClN5O2. The smallest absolute Gasteiger partial charge is 0.256 e. The zero-order valence-corrected chi connectivity index (χ0v) is 20.0. The number of hydrogen-bond donors (Lipinski definition) is 3. The van der Waals surface area contributed by atoms with Gasteiger partial charge in [0.25, 0.3) is 5.91 Å². The first-order valence-electron chi connectivity index (χ1n) is 10.6. The minimum Gasteiger partial charge on any atom is -0.348 e. The fourth-order valence-electron chi connectivity index (χ4n) is 3.10. The highest BCUT2D eigenvalue weighted by atomic mass is 35.5. The van der Waals surface area contributed by atoms with Crippen LogP contribution in [0.5, 0.6) is 0 Å². The molecule has 3 aromatic rings. The number of anilines is 3. The largest absolute Gasteiger partial charge is 0.348 e. The van der Waals surface area contributed by atoms with Crippen molar-refractivity contribution in [1.29, 1.82) is 0 Å². The third kappa shape index (κ3) is 7.57. The number of halogens is 1. The molecule has 8 heteroatoms. The number of carbonyl (C=O) groups excluding carboxylic acids is 2. The summed E-state index contributed by atoms with van der Waals surface area (Å²) in [7, 11) is 0. The number of amides is 2. The average molecular weight is 466 g/mol. The Morgan fingerprint density at radius 2 is 1.73 bits per heavy atom. The van der Waals surface area contributed by atoms with E-state index >= 15 is 0 Å². The van der Waals surface area contributed by atoms with E-state index in [2.05, 4.69) is 25.9 Å². The van der Waals surface area contributed by atoms with Crippen molar-refractivity contribution in [3.63, 3.8) is 0 Å². The Labute approximate surface area is 199 Å². The summed E-state index contributed by atoms with van der Waals surface area (Å²) in [6.07, 6.45) is 1.79. The van der Waals surface area contributed by atoms with E-state index in [0.717, 1.165) is 11.1 Å². The molecule has 0 unspecified atom stereocenters. The zero-order valence-electron chi connectivity index (χ0n) is 19.2. The molecule has 0 fully saturated rings. The normalized spacial score (nSPS) is 11.1. The second-order valence-corrected chi connectivity index (χ2v) is 9.40. The molecule has 2 amide bonds. The van der Waals surface area contributed by atoms with Gasteiger partial charge in [-0.1, -0.05) is 56.7 Å². The number of aryl methyl sites for hydroxylation is 1. The highest BCUT2D eigenvalue weighted by molar-refractivity contribution is 6.28. The molecule has 7 nitrogen and oxygen atoms in total. The Morgan fingerprint density at radius 1 is 1.03 bits per heavy atom. The van der Waals surface area contributed by atoms with Gasteiger partial charge < -0.3 is 16.0 Å². The van der Waals surface area contributed by atoms with Crippen molar-refractivity contribution in [3.05, 3.63) is 76.7 Å². The number of rotatable bonds is 7. The third-order valence-electron chi connectivity index (χ3n) is 4.68. The monoisotopic (exact) mass is 465 g/mol. The maximum atomic E-state index is 12.8. The van der Waals surface area contributed by atoms with Gasteiger partial charge in [0.05, 0.1) is 0 Å². The molecule has 0 atom stereocenters. The highest BCUT2D eigenvalue weighted by Crippen LogP contribution is 2.24. The van der Waals surface area contributed by atoms with Crippen LogP contribution in [0.4, 0.5) is 17.2 Å². The standard InChI is InChI=1S/C25H28ClN5O2/c1-16-8-10-17(11-9-16)14-27-23(33)20-15-28-24(26)31-22(20)30-19-7-5-6-18(12-19)29-21(32)13-25(2,3)4/h5-12,15H,13-14H2,1-4H3,(H,27,33)(H,29,32)(H,28,30,31). The Kier molecular flexibility index (Phi) is 7.66. The van der Waals surface area contributed by atoms with Crippen molar-refractivity contribution in [2.75, 3.05) is 10.6 Å². The topological polar surface area (TPSA) is 96.0 Å². The second kappa shape index (κ2) is 10.4. The Morgan fingerprint density at radius 3 is 2.42 bits per heavy atom. The van der Waals surface area contributed by atoms with Crippen LogP contribution < -0.4 is 16.0 Å². The summed E-state index contributed by atoms with van der Waals surface area (Å²) in [6, 6.07) is 15.1. The van der Waals surface area contributed by atoms with Crippen LogP contribution in [-0.4, -0.2) is 21.8 Å². The van der Waals surface area contributed by atoms with Crippen LogP contribution in [0.1, 0.15) is 48.7 Å². The summed E-state index contributed by atoms with van der Waals surface area (Å²) in [5.41, 5.74) is 3.56. The lowest BCUT2D eigenvalue weighted by Gasteiger charge is -2.17. The van der Waals surface area contributed by atoms with Gasteiger partial charge in [-0.3, -0.25) is 9.59 Å². The molecule has 172 valence electrons. The van der Waals surface area contributed by atoms with E-state index in [9.17, 15) is 9.59 Å². The SMILES string of the molecule is Cc1ccc(CNC(=O)c2cnc(Cl)nc2Nc2cccc(NC(=O)CC(C)(C)C)c2)cc1. The molecule has 0 spiro atoms. The lowest BCUT2D eigenvalue weighted by atomic mass is 9.92. The molecule has 2 aromatic carbocycles. The molecule has 0 radical (unpaired) electrons. The minimum absolute atomic E-state index is 0.0159. The summed E-state index contributed by atoms with van der Waals surface area (Å²) < 4.78 is 0. The van der Waals surface area contributed by atoms with E-state index in [1.165, 1.54) is 6.20 Å². The van der Waals surface area contributed by atoms with Gasteiger partial charge in [-0.25, -0.2) is 4.98 Å². The van der Waals surface area contributed by atoms with Gasteiger partial charge in [0.15, 0.2) is 0 Å². The van der Waals surface area contributed by atoms with E-state index in [-0.39, 0.29) is 33.9 Å². The van der Waals surface area contributed by atoms with Crippen LogP contribution in [0.25, 0.3) is 0 Å². The van der Waals surface area contributed by atoms with Crippen molar-refractivity contribution >= 4 is 40.6 Å². The van der Waals surface area contributed by atoms with E-state index < -0.39 is 0 Å². The molecule has 0 aliphatic heterocycles. The van der Waals surface area contributed by atoms with Gasteiger partial charge in [0.2, 0.25) is 11.2 Å². The van der Waals surface area contributed by atoms with E-state index in [1.54, 1.807) is 18.2 Å². The molecule has 0 saturated heterocycles. The molecule has 0 aliphatic carbocycles. The summed E-state index contributed by atoms with van der Waals surface area (Å²) in [4.78, 5) is 33.2. The van der Waals surface area contributed by atoms with Gasteiger partial charge in [-0.2, -0.15) is 4.98 Å². The first-order valence-corrected chi connectivity index (χ1v) is 11.0. The molecule has 0 bridgehead atoms. The Bertz CT molecular complexity index is 1140. The molecular weight excluding hydrogens is 438 g/mol. The van der Waals surface area contributed by atoms with Gasteiger partial charge in [-0.05, 0) is 47.7 Å². The van der Waals surface area contributed by atoms with Gasteiger partial charge in [0.1, 0.15) is 11.4 Å². The number of aromatic nitrogens is 2. The first-order chi connectivity index (χ1) is 15.6. The number of carbonyl (C=O) groups is 2. The van der Waals surface area contributed by atoms with Crippen LogP contribution in [0.3, 0.4) is 0 Å². The van der Waals surface area contributed by atoms with Crippen LogP contribution in [-0.2, 0) is 11.3 Å². The van der Waals surface area contributed by atoms with Crippen molar-refractivity contribution < 1.29 is 9.59 Å². The number of hydrogen-bond acceptors (Lipinski definition) is 5. The summed E-state index contributed by atoms with van der Waals surface area (Å²) >= 11 is 5.99. The number of nitrogens with zero attached hydrogens (tertiary/aromatic N) is 2. The quantitative estimate of drug-likeness (QED) is 0.401. The molecule has 1 heterocycles. The van der Waals surface area contributed by atoms with Gasteiger partial charge in [0, 0.05) is 30.5 Å². The molecule has 1 aromatic heterocycles. The predicted octanol–water partition coefficient (Wildman–Crippen LogP) is 5.49. The van der Waals surface area contributed by atoms with Crippen LogP contribution in [0, 0.1) is 12.3 Å². The summed E-state index contributed by atoms with van der Waals surface area (Å²) in [5, 5.41) is 8.91. The molecule has 3 N–H and O–H groups in total. The van der Waals surface area contributed by atoms with Crippen LogP contribution in [0.2, 0.25) is 5.28 Å². The van der Waals surface area contributed by atoms with Crippen molar-refractivity contribution in [2.45, 2.75) is 40.7 Å². The van der Waals surface area contributed by atoms with Gasteiger partial charge >= 0.3 is 0 Å². The molecule has 3 rings (SSSR count). The number of benzene rings is 2. The summed E-state index contributed by atoms with van der Waals surface area (Å²) in [6.45, 7) is 8.41. The minimum atomic E-state index is -0.329. The fourth-order valence-corrected chi connectivity index (χ4v) is 3.24. The maximum Gasteiger partial charge on any atom is 0.256 e. The van der Waals surface area contributed by atoms with Crippen molar-refractivity contribution in [1.82, 2.24) is 15.3 Å². The Balaban J connectivity index is 1.73. The third-order valence-corrected chi connectivity index (χ3v) is 4.86. The average Bonchev–Trinajstić information content (AvgIpc) is 2.72.